The van der Waals surface area contributed by atoms with E-state index in [-0.39, 0.29) is 0 Å². The maximum atomic E-state index is 11.6. The summed E-state index contributed by atoms with van der Waals surface area (Å²) in [5, 5.41) is 0.934. The van der Waals surface area contributed by atoms with Crippen LogP contribution in [0.2, 0.25) is 10.0 Å². The van der Waals surface area contributed by atoms with E-state index in [0.29, 0.717) is 33.5 Å². The summed E-state index contributed by atoms with van der Waals surface area (Å²) < 4.78 is 0. The highest BCUT2D eigenvalue weighted by Gasteiger charge is 2.16. The third kappa shape index (κ3) is 3.40. The van der Waals surface area contributed by atoms with E-state index in [1.807, 2.05) is 11.9 Å². The normalized spacial score (nSPS) is 10.4. The second-order valence-corrected chi connectivity index (χ2v) is 5.52. The van der Waals surface area contributed by atoms with Crippen LogP contribution in [0.4, 0.5) is 11.4 Å². The van der Waals surface area contributed by atoms with Crippen LogP contribution in [0.3, 0.4) is 0 Å². The molecule has 0 atom stereocenters. The molecule has 1 amide bonds. The number of nitrogens with zero attached hydrogens (tertiary/aromatic N) is 1. The average Bonchev–Trinajstić information content (AvgIpc) is 2.42. The van der Waals surface area contributed by atoms with Crippen LogP contribution >= 0.6 is 23.2 Å². The summed E-state index contributed by atoms with van der Waals surface area (Å²) in [7, 11) is 1.83. The van der Waals surface area contributed by atoms with Gasteiger partial charge >= 0.3 is 0 Å². The number of carbonyl (C=O) groups is 1. The fourth-order valence-corrected chi connectivity index (χ4v) is 2.57. The smallest absolute Gasteiger partial charge is 0.252 e. The molecule has 4 nitrogen and oxygen atoms in total. The van der Waals surface area contributed by atoms with Crippen LogP contribution in [-0.4, -0.2) is 13.0 Å². The molecule has 0 unspecified atom stereocenters. The Bertz CT molecular complexity index is 689. The number of rotatable bonds is 4. The molecule has 2 aromatic carbocycles. The third-order valence-electron chi connectivity index (χ3n) is 3.13. The first kappa shape index (κ1) is 15.5. The van der Waals surface area contributed by atoms with Crippen LogP contribution in [-0.2, 0) is 6.54 Å². The summed E-state index contributed by atoms with van der Waals surface area (Å²) in [4.78, 5) is 13.4. The number of anilines is 2. The summed E-state index contributed by atoms with van der Waals surface area (Å²) in [6.07, 6.45) is 0. The predicted octanol–water partition coefficient (Wildman–Crippen LogP) is 3.31. The van der Waals surface area contributed by atoms with E-state index in [1.54, 1.807) is 36.4 Å². The van der Waals surface area contributed by atoms with Gasteiger partial charge in [-0.05, 0) is 35.9 Å². The summed E-state index contributed by atoms with van der Waals surface area (Å²) in [6, 6.07) is 10.5. The molecule has 4 N–H and O–H groups in total. The van der Waals surface area contributed by atoms with Crippen molar-refractivity contribution in [3.63, 3.8) is 0 Å². The molecule has 0 aromatic heterocycles. The Morgan fingerprint density at radius 3 is 2.57 bits per heavy atom. The van der Waals surface area contributed by atoms with Gasteiger partial charge in [0, 0.05) is 24.3 Å². The Labute approximate surface area is 133 Å². The summed E-state index contributed by atoms with van der Waals surface area (Å²) in [5.41, 5.74) is 13.6. The summed E-state index contributed by atoms with van der Waals surface area (Å²) in [6.45, 7) is 0.477. The number of halogens is 2. The van der Waals surface area contributed by atoms with Gasteiger partial charge in [0.15, 0.2) is 0 Å². The van der Waals surface area contributed by atoms with Crippen molar-refractivity contribution in [3.8, 4) is 0 Å². The molecule has 0 fully saturated rings. The standard InChI is InChI=1S/C15H15Cl2N3O/c1-20(8-9-7-10(18)5-6-11(9)16)13-4-2-3-12(17)14(13)15(19)21/h2-7H,8,18H2,1H3,(H2,19,21). The van der Waals surface area contributed by atoms with Gasteiger partial charge in [-0.15, -0.1) is 0 Å². The minimum atomic E-state index is -0.568. The van der Waals surface area contributed by atoms with Crippen molar-refractivity contribution >= 4 is 40.5 Å². The quantitative estimate of drug-likeness (QED) is 0.848. The zero-order valence-corrected chi connectivity index (χ0v) is 12.9. The first-order valence-electron chi connectivity index (χ1n) is 6.23. The van der Waals surface area contributed by atoms with Gasteiger partial charge in [-0.3, -0.25) is 4.79 Å². The van der Waals surface area contributed by atoms with E-state index in [4.69, 9.17) is 34.7 Å². The predicted molar refractivity (Wildman–Crippen MR) is 87.9 cm³/mol. The van der Waals surface area contributed by atoms with Crippen LogP contribution < -0.4 is 16.4 Å². The molecule has 0 aliphatic carbocycles. The largest absolute Gasteiger partial charge is 0.399 e. The third-order valence-corrected chi connectivity index (χ3v) is 3.81. The van der Waals surface area contributed by atoms with Crippen molar-refractivity contribution in [2.24, 2.45) is 5.73 Å². The Hall–Kier alpha value is -1.91. The minimum absolute atomic E-state index is 0.293. The van der Waals surface area contributed by atoms with Crippen molar-refractivity contribution in [1.82, 2.24) is 0 Å². The van der Waals surface area contributed by atoms with Crippen LogP contribution in [0.25, 0.3) is 0 Å². The second kappa shape index (κ2) is 6.24. The fraction of sp³-hybridized carbons (Fsp3) is 0.133. The van der Waals surface area contributed by atoms with Gasteiger partial charge in [-0.25, -0.2) is 0 Å². The van der Waals surface area contributed by atoms with Crippen LogP contribution in [0.5, 0.6) is 0 Å². The highest BCUT2D eigenvalue weighted by atomic mass is 35.5. The Morgan fingerprint density at radius 1 is 1.19 bits per heavy atom. The zero-order valence-electron chi connectivity index (χ0n) is 11.4. The Kier molecular flexibility index (Phi) is 4.60. The molecule has 21 heavy (non-hydrogen) atoms. The summed E-state index contributed by atoms with van der Waals surface area (Å²) >= 11 is 12.2. The SMILES string of the molecule is CN(Cc1cc(N)ccc1Cl)c1cccc(Cl)c1C(N)=O. The highest BCUT2D eigenvalue weighted by Crippen LogP contribution is 2.29. The molecule has 6 heteroatoms. The van der Waals surface area contributed by atoms with E-state index in [1.165, 1.54) is 0 Å². The van der Waals surface area contributed by atoms with Crippen LogP contribution in [0.1, 0.15) is 15.9 Å². The number of amides is 1. The van der Waals surface area contributed by atoms with Crippen LogP contribution in [0.15, 0.2) is 36.4 Å². The second-order valence-electron chi connectivity index (χ2n) is 4.71. The number of nitrogen functional groups attached to an aromatic ring is 1. The van der Waals surface area contributed by atoms with Crippen molar-refractivity contribution in [2.75, 3.05) is 17.7 Å². The Balaban J connectivity index is 2.37. The highest BCUT2D eigenvalue weighted by molar-refractivity contribution is 6.34. The van der Waals surface area contributed by atoms with Gasteiger partial charge in [0.2, 0.25) is 0 Å². The number of benzene rings is 2. The van der Waals surface area contributed by atoms with Gasteiger partial charge in [-0.2, -0.15) is 0 Å². The molecule has 0 aliphatic heterocycles. The molecule has 0 saturated carbocycles. The van der Waals surface area contributed by atoms with Gasteiger partial charge in [-0.1, -0.05) is 29.3 Å². The number of carbonyl (C=O) groups excluding carboxylic acids is 1. The molecule has 2 rings (SSSR count). The van der Waals surface area contributed by atoms with Crippen molar-refractivity contribution in [2.45, 2.75) is 6.54 Å². The van der Waals surface area contributed by atoms with Gasteiger partial charge in [0.25, 0.3) is 5.91 Å². The molecule has 2 aromatic rings. The first-order chi connectivity index (χ1) is 9.90. The maximum Gasteiger partial charge on any atom is 0.252 e. The molecule has 110 valence electrons. The van der Waals surface area contributed by atoms with E-state index in [2.05, 4.69) is 0 Å². The number of hydrogen-bond acceptors (Lipinski definition) is 3. The molecule has 0 aliphatic rings. The van der Waals surface area contributed by atoms with Crippen LogP contribution in [0, 0.1) is 0 Å². The molecule has 0 heterocycles. The topological polar surface area (TPSA) is 72.3 Å². The molecule has 0 spiro atoms. The lowest BCUT2D eigenvalue weighted by molar-refractivity contribution is 0.100. The molecule has 0 saturated heterocycles. The maximum absolute atomic E-state index is 11.6. The van der Waals surface area contributed by atoms with Gasteiger partial charge < -0.3 is 16.4 Å². The first-order valence-corrected chi connectivity index (χ1v) is 6.99. The molecule has 0 radical (unpaired) electrons. The van der Waals surface area contributed by atoms with E-state index in [0.717, 1.165) is 5.56 Å². The number of primary amides is 1. The van der Waals surface area contributed by atoms with Crippen molar-refractivity contribution in [1.29, 1.82) is 0 Å². The zero-order chi connectivity index (χ0) is 15.6. The van der Waals surface area contributed by atoms with Crippen molar-refractivity contribution < 1.29 is 4.79 Å². The van der Waals surface area contributed by atoms with Gasteiger partial charge in [0.05, 0.1) is 16.3 Å². The number of hydrogen-bond donors (Lipinski definition) is 2. The lowest BCUT2D eigenvalue weighted by Crippen LogP contribution is -2.22. The molecule has 0 bridgehead atoms. The van der Waals surface area contributed by atoms with E-state index >= 15 is 0 Å². The average molecular weight is 324 g/mol. The lowest BCUT2D eigenvalue weighted by Gasteiger charge is -2.23. The summed E-state index contributed by atoms with van der Waals surface area (Å²) in [5.74, 6) is -0.568. The lowest BCUT2D eigenvalue weighted by atomic mass is 10.1. The van der Waals surface area contributed by atoms with E-state index in [9.17, 15) is 4.79 Å². The minimum Gasteiger partial charge on any atom is -0.399 e. The Morgan fingerprint density at radius 2 is 1.90 bits per heavy atom. The molecular weight excluding hydrogens is 309 g/mol. The number of nitrogens with two attached hydrogens (primary N) is 2. The van der Waals surface area contributed by atoms with Crippen molar-refractivity contribution in [3.05, 3.63) is 57.6 Å². The fourth-order valence-electron chi connectivity index (χ4n) is 2.13. The van der Waals surface area contributed by atoms with Gasteiger partial charge in [0.1, 0.15) is 0 Å². The monoisotopic (exact) mass is 323 g/mol. The molecular formula is C15H15Cl2N3O. The van der Waals surface area contributed by atoms with E-state index < -0.39 is 5.91 Å².